The minimum Gasteiger partial charge on any atom is -0.493 e. The lowest BCUT2D eigenvalue weighted by Crippen LogP contribution is -2.21. The zero-order chi connectivity index (χ0) is 15.6. The van der Waals surface area contributed by atoms with Crippen molar-refractivity contribution in [2.45, 2.75) is 32.2 Å². The number of likely N-dealkylation sites (tertiary alicyclic amines) is 1. The average molecular weight is 292 g/mol. The third kappa shape index (κ3) is 3.01. The lowest BCUT2D eigenvalue weighted by atomic mass is 9.89. The molecule has 0 bridgehead atoms. The molecule has 1 aliphatic rings. The van der Waals surface area contributed by atoms with Crippen molar-refractivity contribution in [2.75, 3.05) is 34.4 Å². The summed E-state index contributed by atoms with van der Waals surface area (Å²) in [6, 6.07) is 4.53. The van der Waals surface area contributed by atoms with E-state index in [0.717, 1.165) is 31.0 Å². The minimum absolute atomic E-state index is 0.348. The second-order valence-electron chi connectivity index (χ2n) is 6.25. The van der Waals surface area contributed by atoms with Gasteiger partial charge in [-0.25, -0.2) is 0 Å². The van der Waals surface area contributed by atoms with Crippen LogP contribution in [-0.2, 0) is 0 Å². The predicted molar refractivity (Wildman–Crippen MR) is 86.2 cm³/mol. The Morgan fingerprint density at radius 1 is 1.29 bits per heavy atom. The molecule has 2 rings (SSSR count). The van der Waals surface area contributed by atoms with Gasteiger partial charge in [0.25, 0.3) is 0 Å². The van der Waals surface area contributed by atoms with E-state index < -0.39 is 0 Å². The van der Waals surface area contributed by atoms with Crippen molar-refractivity contribution < 1.29 is 9.47 Å². The van der Waals surface area contributed by atoms with Crippen LogP contribution in [0.5, 0.6) is 11.5 Å². The van der Waals surface area contributed by atoms with Gasteiger partial charge in [-0.1, -0.05) is 19.9 Å². The molecule has 1 aromatic rings. The number of hydrogen-bond donors (Lipinski definition) is 1. The quantitative estimate of drug-likeness (QED) is 0.906. The van der Waals surface area contributed by atoms with Crippen LogP contribution in [0.4, 0.5) is 0 Å². The molecule has 4 nitrogen and oxygen atoms in total. The molecule has 0 amide bonds. The van der Waals surface area contributed by atoms with Crippen molar-refractivity contribution >= 4 is 0 Å². The Balaban J connectivity index is 2.53. The highest BCUT2D eigenvalue weighted by Crippen LogP contribution is 2.45. The van der Waals surface area contributed by atoms with Crippen LogP contribution in [0.25, 0.3) is 0 Å². The van der Waals surface area contributed by atoms with E-state index in [2.05, 4.69) is 31.9 Å². The highest BCUT2D eigenvalue weighted by atomic mass is 16.5. The molecule has 118 valence electrons. The van der Waals surface area contributed by atoms with E-state index in [1.54, 1.807) is 14.2 Å². The number of rotatable bonds is 5. The molecule has 0 saturated carbocycles. The summed E-state index contributed by atoms with van der Waals surface area (Å²) in [4.78, 5) is 2.39. The van der Waals surface area contributed by atoms with E-state index in [9.17, 15) is 0 Å². The maximum absolute atomic E-state index is 5.88. The zero-order valence-corrected chi connectivity index (χ0v) is 13.8. The third-order valence-corrected chi connectivity index (χ3v) is 4.54. The fourth-order valence-corrected chi connectivity index (χ4v) is 3.43. The second-order valence-corrected chi connectivity index (χ2v) is 6.25. The van der Waals surface area contributed by atoms with Crippen molar-refractivity contribution in [3.63, 3.8) is 0 Å². The van der Waals surface area contributed by atoms with Crippen LogP contribution in [0.1, 0.15) is 43.4 Å². The second kappa shape index (κ2) is 6.67. The molecule has 0 aliphatic carbocycles. The molecular formula is C17H28N2O2. The Labute approximate surface area is 128 Å². The molecule has 1 saturated heterocycles. The van der Waals surface area contributed by atoms with E-state index in [4.69, 9.17) is 15.2 Å². The number of nitrogens with two attached hydrogens (primary N) is 1. The fourth-order valence-electron chi connectivity index (χ4n) is 3.43. The molecular weight excluding hydrogens is 264 g/mol. The summed E-state index contributed by atoms with van der Waals surface area (Å²) >= 11 is 0. The lowest BCUT2D eigenvalue weighted by Gasteiger charge is -2.27. The molecule has 21 heavy (non-hydrogen) atoms. The van der Waals surface area contributed by atoms with Crippen molar-refractivity contribution in [3.05, 3.63) is 23.3 Å². The summed E-state index contributed by atoms with van der Waals surface area (Å²) in [6.45, 7) is 6.23. The summed E-state index contributed by atoms with van der Waals surface area (Å²) in [6.07, 6.45) is 1.08. The van der Waals surface area contributed by atoms with Gasteiger partial charge in [0, 0.05) is 18.2 Å². The molecule has 0 spiro atoms. The van der Waals surface area contributed by atoms with Crippen LogP contribution >= 0.6 is 0 Å². The number of ether oxygens (including phenoxy) is 2. The van der Waals surface area contributed by atoms with Gasteiger partial charge in [-0.2, -0.15) is 0 Å². The van der Waals surface area contributed by atoms with E-state index in [-0.39, 0.29) is 0 Å². The Morgan fingerprint density at radius 3 is 2.48 bits per heavy atom. The van der Waals surface area contributed by atoms with E-state index >= 15 is 0 Å². The maximum Gasteiger partial charge on any atom is 0.165 e. The average Bonchev–Trinajstić information content (AvgIpc) is 2.86. The standard InChI is InChI=1S/C17H28N2O2/c1-11(2)13-6-7-15(20-4)17(21-5)16(13)14-8-12(9-18)10-19(14)3/h6-7,11-12,14H,8-10,18H2,1-5H3. The highest BCUT2D eigenvalue weighted by Gasteiger charge is 2.34. The van der Waals surface area contributed by atoms with Crippen LogP contribution in [0.2, 0.25) is 0 Å². The third-order valence-electron chi connectivity index (χ3n) is 4.54. The number of hydrogen-bond acceptors (Lipinski definition) is 4. The van der Waals surface area contributed by atoms with Crippen molar-refractivity contribution in [1.82, 2.24) is 4.90 Å². The Morgan fingerprint density at radius 2 is 2.00 bits per heavy atom. The summed E-state index contributed by atoms with van der Waals surface area (Å²) in [5.74, 6) is 2.68. The predicted octanol–water partition coefficient (Wildman–Crippen LogP) is 2.78. The van der Waals surface area contributed by atoms with Gasteiger partial charge < -0.3 is 15.2 Å². The molecule has 1 heterocycles. The van der Waals surface area contributed by atoms with Crippen LogP contribution < -0.4 is 15.2 Å². The molecule has 4 heteroatoms. The van der Waals surface area contributed by atoms with Gasteiger partial charge in [-0.05, 0) is 43.5 Å². The van der Waals surface area contributed by atoms with E-state index in [0.29, 0.717) is 17.9 Å². The molecule has 1 fully saturated rings. The summed E-state index contributed by atoms with van der Waals surface area (Å²) in [7, 11) is 5.59. The first-order valence-corrected chi connectivity index (χ1v) is 7.68. The Kier molecular flexibility index (Phi) is 5.12. The topological polar surface area (TPSA) is 47.7 Å². The monoisotopic (exact) mass is 292 g/mol. The first-order chi connectivity index (χ1) is 10.0. The Bertz CT molecular complexity index is 488. The van der Waals surface area contributed by atoms with Gasteiger partial charge in [0.15, 0.2) is 11.5 Å². The first kappa shape index (κ1) is 16.1. The minimum atomic E-state index is 0.348. The van der Waals surface area contributed by atoms with Gasteiger partial charge in [0.2, 0.25) is 0 Å². The number of methoxy groups -OCH3 is 2. The molecule has 2 N–H and O–H groups in total. The van der Waals surface area contributed by atoms with Gasteiger partial charge in [-0.15, -0.1) is 0 Å². The molecule has 1 aliphatic heterocycles. The zero-order valence-electron chi connectivity index (χ0n) is 13.8. The van der Waals surface area contributed by atoms with E-state index in [1.807, 2.05) is 6.07 Å². The van der Waals surface area contributed by atoms with Gasteiger partial charge in [0.05, 0.1) is 14.2 Å². The summed E-state index contributed by atoms with van der Waals surface area (Å²) in [5.41, 5.74) is 8.48. The molecule has 2 atom stereocenters. The lowest BCUT2D eigenvalue weighted by molar-refractivity contribution is 0.294. The smallest absolute Gasteiger partial charge is 0.165 e. The van der Waals surface area contributed by atoms with E-state index in [1.165, 1.54) is 11.1 Å². The van der Waals surface area contributed by atoms with Gasteiger partial charge >= 0.3 is 0 Å². The summed E-state index contributed by atoms with van der Waals surface area (Å²) < 4.78 is 11.2. The SMILES string of the molecule is COc1ccc(C(C)C)c(C2CC(CN)CN2C)c1OC. The van der Waals surface area contributed by atoms with Crippen molar-refractivity contribution in [1.29, 1.82) is 0 Å². The summed E-state index contributed by atoms with van der Waals surface area (Å²) in [5, 5.41) is 0. The van der Waals surface area contributed by atoms with Crippen LogP contribution in [0.3, 0.4) is 0 Å². The van der Waals surface area contributed by atoms with Gasteiger partial charge in [0.1, 0.15) is 0 Å². The first-order valence-electron chi connectivity index (χ1n) is 7.68. The molecule has 1 aromatic carbocycles. The molecule has 0 aromatic heterocycles. The molecule has 0 radical (unpaired) electrons. The highest BCUT2D eigenvalue weighted by molar-refractivity contribution is 5.53. The van der Waals surface area contributed by atoms with Crippen LogP contribution in [-0.4, -0.2) is 39.3 Å². The fraction of sp³-hybridized carbons (Fsp3) is 0.647. The van der Waals surface area contributed by atoms with Crippen LogP contribution in [0, 0.1) is 5.92 Å². The Hall–Kier alpha value is -1.26. The van der Waals surface area contributed by atoms with Crippen molar-refractivity contribution in [2.24, 2.45) is 11.7 Å². The molecule has 2 unspecified atom stereocenters. The van der Waals surface area contributed by atoms with Gasteiger partial charge in [-0.3, -0.25) is 4.90 Å². The number of nitrogens with zero attached hydrogens (tertiary/aromatic N) is 1. The number of benzene rings is 1. The maximum atomic E-state index is 5.88. The van der Waals surface area contributed by atoms with Crippen molar-refractivity contribution in [3.8, 4) is 11.5 Å². The van der Waals surface area contributed by atoms with Crippen LogP contribution in [0.15, 0.2) is 12.1 Å². The largest absolute Gasteiger partial charge is 0.493 e. The normalized spacial score (nSPS) is 22.8.